The number of aromatic carboxylic acids is 2. The molecule has 8 aromatic rings. The molecule has 0 saturated carbocycles. The van der Waals surface area contributed by atoms with E-state index in [0.29, 0.717) is 29.4 Å². The number of hydrogen-bond acceptors (Lipinski definition) is 8. The lowest BCUT2D eigenvalue weighted by atomic mass is 9.95. The van der Waals surface area contributed by atoms with Crippen molar-refractivity contribution in [3.05, 3.63) is 213 Å². The number of nitrogens with zero attached hydrogens (tertiary/aromatic N) is 2. The quantitative estimate of drug-likeness (QED) is 0.0843. The van der Waals surface area contributed by atoms with Gasteiger partial charge in [0.15, 0.2) is 23.1 Å². The highest BCUT2D eigenvalue weighted by molar-refractivity contribution is 6.17. The number of carbonyl (C=O) groups is 4. The summed E-state index contributed by atoms with van der Waals surface area (Å²) in [5, 5.41) is 30.6. The average molecular weight is 853 g/mol. The molecule has 0 unspecified atom stereocenters. The van der Waals surface area contributed by atoms with Crippen LogP contribution in [0.25, 0.3) is 21.8 Å². The summed E-state index contributed by atoms with van der Waals surface area (Å²) in [4.78, 5) is 58.3. The van der Waals surface area contributed by atoms with E-state index >= 15 is 0 Å². The molecule has 8 rings (SSSR count). The Morgan fingerprint density at radius 2 is 0.857 bits per heavy atom. The first kappa shape index (κ1) is 42.8. The summed E-state index contributed by atoms with van der Waals surface area (Å²) in [6.45, 7) is 0. The summed E-state index contributed by atoms with van der Waals surface area (Å²) in [6, 6.07) is 27.1. The predicted octanol–water partition coefficient (Wildman–Crippen LogP) is 9.78. The van der Waals surface area contributed by atoms with Gasteiger partial charge in [0.2, 0.25) is 0 Å². The zero-order chi connectivity index (χ0) is 44.9. The van der Waals surface area contributed by atoms with Gasteiger partial charge in [0.25, 0.3) is 0 Å². The molecule has 0 fully saturated rings. The molecule has 14 heteroatoms. The molecule has 0 spiro atoms. The van der Waals surface area contributed by atoms with E-state index in [1.165, 1.54) is 67.9 Å². The van der Waals surface area contributed by atoms with E-state index in [0.717, 1.165) is 41.5 Å². The first-order valence-corrected chi connectivity index (χ1v) is 18.9. The van der Waals surface area contributed by atoms with Crippen molar-refractivity contribution in [3.63, 3.8) is 0 Å². The van der Waals surface area contributed by atoms with E-state index in [9.17, 15) is 52.1 Å². The summed E-state index contributed by atoms with van der Waals surface area (Å²) >= 11 is 0. The van der Waals surface area contributed by atoms with E-state index < -0.39 is 40.9 Å². The van der Waals surface area contributed by atoms with E-state index in [1.807, 2.05) is 0 Å². The van der Waals surface area contributed by atoms with Crippen LogP contribution in [0, 0.1) is 23.3 Å². The molecule has 0 aliphatic rings. The van der Waals surface area contributed by atoms with Crippen LogP contribution in [0.5, 0.6) is 11.5 Å². The lowest BCUT2D eigenvalue weighted by Crippen LogP contribution is -2.09. The fraction of sp³-hybridized carbons (Fsp3) is 0.0612. The highest BCUT2D eigenvalue weighted by Gasteiger charge is 2.25. The Kier molecular flexibility index (Phi) is 12.3. The van der Waals surface area contributed by atoms with Crippen molar-refractivity contribution in [2.24, 2.45) is 0 Å². The number of fused-ring (bicyclic) bond motifs is 2. The van der Waals surface area contributed by atoms with Gasteiger partial charge in [-0.1, -0.05) is 24.3 Å². The normalized spacial score (nSPS) is 10.9. The SMILES string of the molecule is COc1c(C(=O)c2ccc(F)cc2)cc(C(=O)O)c2cc(Cc3ccc(F)cc3)cnc12.O=C(c1ccc(F)cc1)c1cc(C(=O)O)c2cc(Cc3ccc(F)cc3)cnc2c1O. The Morgan fingerprint density at radius 3 is 1.27 bits per heavy atom. The number of carbonyl (C=O) groups excluding carboxylic acids is 2. The number of ether oxygens (including phenoxy) is 1. The van der Waals surface area contributed by atoms with Crippen molar-refractivity contribution < 1.29 is 56.8 Å². The number of carboxylic acids is 2. The third-order valence-electron chi connectivity index (χ3n) is 10.00. The summed E-state index contributed by atoms with van der Waals surface area (Å²) in [6.07, 6.45) is 3.81. The molecule has 0 aliphatic carbocycles. The second-order valence-electron chi connectivity index (χ2n) is 14.2. The van der Waals surface area contributed by atoms with Crippen LogP contribution in [0.1, 0.15) is 74.8 Å². The van der Waals surface area contributed by atoms with Gasteiger partial charge in [-0.2, -0.15) is 0 Å². The maximum absolute atomic E-state index is 13.2. The summed E-state index contributed by atoms with van der Waals surface area (Å²) in [5.74, 6) is -5.74. The second-order valence-corrected chi connectivity index (χ2v) is 14.2. The van der Waals surface area contributed by atoms with Gasteiger partial charge in [-0.25, -0.2) is 27.2 Å². The minimum Gasteiger partial charge on any atom is -0.505 e. The predicted molar refractivity (Wildman–Crippen MR) is 224 cm³/mol. The van der Waals surface area contributed by atoms with Crippen LogP contribution >= 0.6 is 0 Å². The minimum absolute atomic E-state index is 0.0165. The van der Waals surface area contributed by atoms with Gasteiger partial charge in [0, 0.05) is 34.3 Å². The molecule has 314 valence electrons. The van der Waals surface area contributed by atoms with Gasteiger partial charge in [0.1, 0.15) is 34.3 Å². The average Bonchev–Trinajstić information content (AvgIpc) is 3.27. The van der Waals surface area contributed by atoms with Crippen LogP contribution in [0.15, 0.2) is 134 Å². The van der Waals surface area contributed by atoms with Crippen LogP contribution in [0.2, 0.25) is 0 Å². The maximum atomic E-state index is 13.2. The molecule has 0 aliphatic heterocycles. The number of phenolic OH excluding ortho intramolecular Hbond substituents is 1. The molecule has 0 amide bonds. The Bertz CT molecular complexity index is 3070. The van der Waals surface area contributed by atoms with Gasteiger partial charge >= 0.3 is 11.9 Å². The van der Waals surface area contributed by atoms with Crippen molar-refractivity contribution in [1.82, 2.24) is 9.97 Å². The standard InChI is InChI=1S/C25H17F2NO4.C24H15F2NO4/c1-32-24-21(23(29)16-4-8-18(27)9-5-16)12-20(25(30)31)19-11-15(13-28-22(19)24)10-14-2-6-17(26)7-3-14;25-16-5-1-13(2-6-16)9-14-10-18-19(24(30)31)11-20(23(29)21(18)27-12-14)22(28)15-3-7-17(26)8-4-15/h2-9,11-13H,10H2,1H3,(H,30,31);1-8,10-12,29H,9H2,(H,30,31). The summed E-state index contributed by atoms with van der Waals surface area (Å²) in [5.41, 5.74) is 2.93. The number of carboxylic acid groups (broad SMARTS) is 2. The fourth-order valence-corrected chi connectivity index (χ4v) is 6.91. The first-order chi connectivity index (χ1) is 30.2. The molecule has 0 radical (unpaired) electrons. The van der Waals surface area contributed by atoms with Gasteiger partial charge in [-0.15, -0.1) is 0 Å². The van der Waals surface area contributed by atoms with E-state index in [4.69, 9.17) is 4.74 Å². The fourth-order valence-electron chi connectivity index (χ4n) is 6.91. The molecule has 2 heterocycles. The largest absolute Gasteiger partial charge is 0.505 e. The highest BCUT2D eigenvalue weighted by atomic mass is 19.1. The van der Waals surface area contributed by atoms with Crippen LogP contribution in [0.4, 0.5) is 17.6 Å². The van der Waals surface area contributed by atoms with E-state index in [2.05, 4.69) is 9.97 Å². The van der Waals surface area contributed by atoms with Gasteiger partial charge in [-0.3, -0.25) is 19.6 Å². The zero-order valence-corrected chi connectivity index (χ0v) is 32.9. The van der Waals surface area contributed by atoms with Crippen LogP contribution in [0.3, 0.4) is 0 Å². The number of pyridine rings is 2. The Hall–Kier alpha value is -8.26. The monoisotopic (exact) mass is 852 g/mol. The summed E-state index contributed by atoms with van der Waals surface area (Å²) in [7, 11) is 1.37. The second kappa shape index (κ2) is 18.2. The van der Waals surface area contributed by atoms with E-state index in [1.54, 1.807) is 42.6 Å². The Labute approximate surface area is 355 Å². The summed E-state index contributed by atoms with van der Waals surface area (Å²) < 4.78 is 58.1. The number of ketones is 2. The van der Waals surface area contributed by atoms with E-state index in [-0.39, 0.29) is 67.2 Å². The van der Waals surface area contributed by atoms with Crippen LogP contribution in [-0.2, 0) is 12.8 Å². The molecule has 10 nitrogen and oxygen atoms in total. The molecular weight excluding hydrogens is 821 g/mol. The number of aromatic hydroxyl groups is 1. The topological polar surface area (TPSA) is 164 Å². The zero-order valence-electron chi connectivity index (χ0n) is 32.9. The van der Waals surface area contributed by atoms with Crippen molar-refractivity contribution in [2.45, 2.75) is 12.8 Å². The number of halogens is 4. The minimum atomic E-state index is -1.29. The Balaban J connectivity index is 0.000000189. The third-order valence-corrected chi connectivity index (χ3v) is 10.00. The van der Waals surface area contributed by atoms with Crippen molar-refractivity contribution in [2.75, 3.05) is 7.11 Å². The van der Waals surface area contributed by atoms with Crippen molar-refractivity contribution >= 4 is 45.3 Å². The number of phenols is 1. The molecule has 2 aromatic heterocycles. The molecule has 3 N–H and O–H groups in total. The number of hydrogen-bond donors (Lipinski definition) is 3. The van der Waals surface area contributed by atoms with Gasteiger partial charge < -0.3 is 20.1 Å². The highest BCUT2D eigenvalue weighted by Crippen LogP contribution is 2.35. The van der Waals surface area contributed by atoms with Crippen molar-refractivity contribution in [1.29, 1.82) is 0 Å². The number of rotatable bonds is 11. The van der Waals surface area contributed by atoms with Crippen LogP contribution in [-0.4, -0.2) is 55.9 Å². The van der Waals surface area contributed by atoms with Crippen molar-refractivity contribution in [3.8, 4) is 11.5 Å². The van der Waals surface area contributed by atoms with Crippen LogP contribution < -0.4 is 4.74 Å². The molecule has 0 saturated heterocycles. The Morgan fingerprint density at radius 1 is 0.492 bits per heavy atom. The number of benzene rings is 6. The molecule has 0 atom stereocenters. The lowest BCUT2D eigenvalue weighted by molar-refractivity contribution is 0.0688. The molecular formula is C49H32F4N2O8. The van der Waals surface area contributed by atoms with Gasteiger partial charge in [0.05, 0.1) is 29.4 Å². The molecule has 0 bridgehead atoms. The number of methoxy groups -OCH3 is 1. The smallest absolute Gasteiger partial charge is 0.336 e. The van der Waals surface area contributed by atoms with Gasteiger partial charge in [-0.05, 0) is 132 Å². The molecule has 6 aromatic carbocycles. The molecule has 63 heavy (non-hydrogen) atoms. The lowest BCUT2D eigenvalue weighted by Gasteiger charge is -2.14. The maximum Gasteiger partial charge on any atom is 0.336 e. The third kappa shape index (κ3) is 9.40. The first-order valence-electron chi connectivity index (χ1n) is 18.9. The number of aromatic nitrogens is 2.